The predicted molar refractivity (Wildman–Crippen MR) is 54.2 cm³/mol. The second-order valence-corrected chi connectivity index (χ2v) is 3.32. The van der Waals surface area contributed by atoms with Gasteiger partial charge in [-0.2, -0.15) is 0 Å². The van der Waals surface area contributed by atoms with Crippen LogP contribution in [0.25, 0.3) is 6.08 Å². The van der Waals surface area contributed by atoms with Gasteiger partial charge in [-0.1, -0.05) is 11.6 Å². The van der Waals surface area contributed by atoms with Gasteiger partial charge in [0.15, 0.2) is 11.5 Å². The molecule has 1 aliphatic rings. The fourth-order valence-electron chi connectivity index (χ4n) is 1.25. The van der Waals surface area contributed by atoms with Gasteiger partial charge in [-0.25, -0.2) is 4.79 Å². The molecule has 4 nitrogen and oxygen atoms in total. The lowest BCUT2D eigenvalue weighted by Gasteiger charge is -2.00. The largest absolute Gasteiger partial charge is 0.478 e. The fourth-order valence-corrected chi connectivity index (χ4v) is 1.52. The second kappa shape index (κ2) is 3.82. The summed E-state index contributed by atoms with van der Waals surface area (Å²) in [6.45, 7) is 0.140. The van der Waals surface area contributed by atoms with E-state index >= 15 is 0 Å². The minimum absolute atomic E-state index is 0.140. The Balaban J connectivity index is 2.35. The zero-order valence-corrected chi connectivity index (χ0v) is 8.32. The normalized spacial score (nSPS) is 13.4. The summed E-state index contributed by atoms with van der Waals surface area (Å²) in [5.41, 5.74) is 0.659. The van der Waals surface area contributed by atoms with Crippen LogP contribution < -0.4 is 9.47 Å². The first-order chi connectivity index (χ1) is 7.16. The molecule has 1 heterocycles. The number of carboxylic acid groups (broad SMARTS) is 1. The SMILES string of the molecule is O=C(O)/C=C/c1cc(Cl)c2c(c1)OCO2. The first-order valence-corrected chi connectivity index (χ1v) is 4.55. The molecule has 0 unspecified atom stereocenters. The third-order valence-corrected chi connectivity index (χ3v) is 2.15. The Labute approximate surface area is 90.7 Å². The van der Waals surface area contributed by atoms with Crippen LogP contribution in [0.1, 0.15) is 5.56 Å². The molecule has 0 amide bonds. The van der Waals surface area contributed by atoms with Gasteiger partial charge in [-0.15, -0.1) is 0 Å². The van der Waals surface area contributed by atoms with Gasteiger partial charge < -0.3 is 14.6 Å². The number of fused-ring (bicyclic) bond motifs is 1. The molecule has 1 aromatic rings. The number of ether oxygens (including phenoxy) is 2. The summed E-state index contributed by atoms with van der Waals surface area (Å²) < 4.78 is 10.3. The highest BCUT2D eigenvalue weighted by atomic mass is 35.5. The molecule has 0 saturated heterocycles. The second-order valence-electron chi connectivity index (χ2n) is 2.91. The smallest absolute Gasteiger partial charge is 0.328 e. The van der Waals surface area contributed by atoms with Crippen LogP contribution in [0.15, 0.2) is 18.2 Å². The zero-order chi connectivity index (χ0) is 10.8. The molecule has 78 valence electrons. The highest BCUT2D eigenvalue weighted by molar-refractivity contribution is 6.32. The summed E-state index contributed by atoms with van der Waals surface area (Å²) in [5, 5.41) is 8.87. The van der Waals surface area contributed by atoms with Crippen LogP contribution in [0.4, 0.5) is 0 Å². The van der Waals surface area contributed by atoms with E-state index in [1.807, 2.05) is 0 Å². The Bertz CT molecular complexity index is 439. The molecule has 0 atom stereocenters. The number of hydrogen-bond acceptors (Lipinski definition) is 3. The average molecular weight is 227 g/mol. The van der Waals surface area contributed by atoms with Crippen molar-refractivity contribution < 1.29 is 19.4 Å². The van der Waals surface area contributed by atoms with Gasteiger partial charge in [0.1, 0.15) is 0 Å². The van der Waals surface area contributed by atoms with E-state index in [1.165, 1.54) is 6.08 Å². The monoisotopic (exact) mass is 226 g/mol. The van der Waals surface area contributed by atoms with Crippen molar-refractivity contribution in [3.05, 3.63) is 28.8 Å². The van der Waals surface area contributed by atoms with Crippen molar-refractivity contribution in [2.24, 2.45) is 0 Å². The van der Waals surface area contributed by atoms with Gasteiger partial charge >= 0.3 is 5.97 Å². The van der Waals surface area contributed by atoms with Crippen LogP contribution in [-0.2, 0) is 4.79 Å². The molecule has 2 rings (SSSR count). The molecule has 0 radical (unpaired) electrons. The van der Waals surface area contributed by atoms with Crippen molar-refractivity contribution in [1.82, 2.24) is 0 Å². The van der Waals surface area contributed by atoms with E-state index in [2.05, 4.69) is 0 Å². The van der Waals surface area contributed by atoms with Crippen molar-refractivity contribution in [2.45, 2.75) is 0 Å². The topological polar surface area (TPSA) is 55.8 Å². The number of carboxylic acids is 1. The first kappa shape index (κ1) is 9.86. The van der Waals surface area contributed by atoms with E-state index in [4.69, 9.17) is 26.2 Å². The Kier molecular flexibility index (Phi) is 2.51. The number of rotatable bonds is 2. The van der Waals surface area contributed by atoms with E-state index in [0.29, 0.717) is 22.1 Å². The van der Waals surface area contributed by atoms with E-state index in [1.54, 1.807) is 12.1 Å². The molecular formula is C10H7ClO4. The van der Waals surface area contributed by atoms with E-state index in [0.717, 1.165) is 6.08 Å². The summed E-state index contributed by atoms with van der Waals surface area (Å²) in [4.78, 5) is 10.3. The zero-order valence-electron chi connectivity index (χ0n) is 7.57. The number of carbonyl (C=O) groups is 1. The maximum Gasteiger partial charge on any atom is 0.328 e. The molecule has 0 spiro atoms. The molecule has 1 N–H and O–H groups in total. The Morgan fingerprint density at radius 1 is 1.47 bits per heavy atom. The van der Waals surface area contributed by atoms with Crippen LogP contribution in [0.5, 0.6) is 11.5 Å². The Hall–Kier alpha value is -1.68. The van der Waals surface area contributed by atoms with Crippen LogP contribution in [0, 0.1) is 0 Å². The van der Waals surface area contributed by atoms with Crippen LogP contribution >= 0.6 is 11.6 Å². The maximum absolute atomic E-state index is 10.3. The number of aliphatic carboxylic acids is 1. The molecule has 5 heteroatoms. The lowest BCUT2D eigenvalue weighted by molar-refractivity contribution is -0.131. The van der Waals surface area contributed by atoms with Crippen molar-refractivity contribution in [1.29, 1.82) is 0 Å². The van der Waals surface area contributed by atoms with Gasteiger partial charge in [0, 0.05) is 6.08 Å². The third kappa shape index (κ3) is 2.05. The molecule has 0 saturated carbocycles. The standard InChI is InChI=1S/C10H7ClO4/c11-7-3-6(1-2-9(12)13)4-8-10(7)15-5-14-8/h1-4H,5H2,(H,12,13)/b2-1+. The molecule has 0 aromatic heterocycles. The molecule has 15 heavy (non-hydrogen) atoms. The van der Waals surface area contributed by atoms with Gasteiger partial charge in [0.05, 0.1) is 5.02 Å². The summed E-state index contributed by atoms with van der Waals surface area (Å²) in [6, 6.07) is 3.29. The summed E-state index contributed by atoms with van der Waals surface area (Å²) in [6.07, 6.45) is 2.48. The predicted octanol–water partition coefficient (Wildman–Crippen LogP) is 2.17. The van der Waals surface area contributed by atoms with Crippen LogP contribution in [0.3, 0.4) is 0 Å². The minimum atomic E-state index is -1.01. The van der Waals surface area contributed by atoms with Crippen molar-refractivity contribution in [3.63, 3.8) is 0 Å². The molecular weight excluding hydrogens is 220 g/mol. The highest BCUT2D eigenvalue weighted by Crippen LogP contribution is 2.39. The number of halogens is 1. The molecule has 1 aliphatic heterocycles. The summed E-state index contributed by atoms with van der Waals surface area (Å²) in [7, 11) is 0. The first-order valence-electron chi connectivity index (χ1n) is 4.17. The van der Waals surface area contributed by atoms with Gasteiger partial charge in [0.25, 0.3) is 0 Å². The third-order valence-electron chi connectivity index (χ3n) is 1.87. The molecule has 1 aromatic carbocycles. The molecule has 0 fully saturated rings. The number of hydrogen-bond donors (Lipinski definition) is 1. The van der Waals surface area contributed by atoms with Crippen molar-refractivity contribution >= 4 is 23.6 Å². The van der Waals surface area contributed by atoms with Crippen molar-refractivity contribution in [2.75, 3.05) is 6.79 Å². The fraction of sp³-hybridized carbons (Fsp3) is 0.100. The minimum Gasteiger partial charge on any atom is -0.478 e. The summed E-state index contributed by atoms with van der Waals surface area (Å²) >= 11 is 5.90. The van der Waals surface area contributed by atoms with Gasteiger partial charge in [-0.05, 0) is 23.8 Å². The molecule has 0 bridgehead atoms. The van der Waals surface area contributed by atoms with Gasteiger partial charge in [-0.3, -0.25) is 0 Å². The Morgan fingerprint density at radius 3 is 3.00 bits per heavy atom. The quantitative estimate of drug-likeness (QED) is 0.786. The van der Waals surface area contributed by atoms with E-state index in [9.17, 15) is 4.79 Å². The highest BCUT2D eigenvalue weighted by Gasteiger charge is 2.17. The number of benzene rings is 1. The van der Waals surface area contributed by atoms with E-state index < -0.39 is 5.97 Å². The van der Waals surface area contributed by atoms with E-state index in [-0.39, 0.29) is 6.79 Å². The van der Waals surface area contributed by atoms with Gasteiger partial charge in [0.2, 0.25) is 6.79 Å². The molecule has 0 aliphatic carbocycles. The van der Waals surface area contributed by atoms with Crippen LogP contribution in [-0.4, -0.2) is 17.9 Å². The van der Waals surface area contributed by atoms with Crippen LogP contribution in [0.2, 0.25) is 5.02 Å². The summed E-state index contributed by atoms with van der Waals surface area (Å²) in [5.74, 6) is 0.0282. The lowest BCUT2D eigenvalue weighted by atomic mass is 10.2. The average Bonchev–Trinajstić information content (AvgIpc) is 2.63. The maximum atomic E-state index is 10.3. The Morgan fingerprint density at radius 2 is 2.27 bits per heavy atom. The lowest BCUT2D eigenvalue weighted by Crippen LogP contribution is -1.93. The van der Waals surface area contributed by atoms with Crippen molar-refractivity contribution in [3.8, 4) is 11.5 Å².